The summed E-state index contributed by atoms with van der Waals surface area (Å²) in [6.07, 6.45) is 3.08. The zero-order valence-corrected chi connectivity index (χ0v) is 14.6. The van der Waals surface area contributed by atoms with Gasteiger partial charge in [-0.15, -0.1) is 5.10 Å². The smallest absolute Gasteiger partial charge is 0.273 e. The van der Waals surface area contributed by atoms with Crippen LogP contribution < -0.4 is 5.32 Å². The predicted octanol–water partition coefficient (Wildman–Crippen LogP) is 0.181. The highest BCUT2D eigenvalue weighted by atomic mass is 16.3. The lowest BCUT2D eigenvalue weighted by Crippen LogP contribution is -2.39. The van der Waals surface area contributed by atoms with Crippen LogP contribution in [0.4, 0.5) is 0 Å². The molecule has 0 atom stereocenters. The van der Waals surface area contributed by atoms with Gasteiger partial charge in [0.1, 0.15) is 5.69 Å². The molecular weight excluding hydrogens is 336 g/mol. The van der Waals surface area contributed by atoms with Crippen molar-refractivity contribution in [1.82, 2.24) is 30.2 Å². The van der Waals surface area contributed by atoms with Crippen molar-refractivity contribution in [2.75, 3.05) is 26.2 Å². The number of aliphatic hydroxyl groups excluding tert-OH is 1. The van der Waals surface area contributed by atoms with Crippen molar-refractivity contribution in [2.24, 2.45) is 0 Å². The summed E-state index contributed by atoms with van der Waals surface area (Å²) in [5, 5.41) is 19.2. The lowest BCUT2D eigenvalue weighted by atomic mass is 10.0. The fourth-order valence-corrected chi connectivity index (χ4v) is 2.98. The molecule has 1 aliphatic heterocycles. The van der Waals surface area contributed by atoms with E-state index in [0.29, 0.717) is 18.8 Å². The number of nitrogens with one attached hydrogen (secondary N) is 1. The number of amides is 2. The van der Waals surface area contributed by atoms with Crippen LogP contribution in [-0.2, 0) is 0 Å². The van der Waals surface area contributed by atoms with Gasteiger partial charge in [0.05, 0.1) is 18.8 Å². The van der Waals surface area contributed by atoms with Crippen LogP contribution >= 0.6 is 0 Å². The van der Waals surface area contributed by atoms with Gasteiger partial charge < -0.3 is 15.3 Å². The number of rotatable bonds is 5. The molecule has 1 aliphatic rings. The quantitative estimate of drug-likeness (QED) is 0.788. The summed E-state index contributed by atoms with van der Waals surface area (Å²) in [5.41, 5.74) is 1.51. The highest BCUT2D eigenvalue weighted by Gasteiger charge is 2.26. The molecule has 9 nitrogen and oxygen atoms in total. The number of hydrogen-bond acceptors (Lipinski definition) is 6. The van der Waals surface area contributed by atoms with Crippen LogP contribution in [0.15, 0.2) is 24.4 Å². The SMILES string of the molecule is Cc1cccc(C(=O)N2CCC(n3cc(C(=O)NCCO)nn3)CC2)n1. The maximum absolute atomic E-state index is 12.5. The molecule has 0 radical (unpaired) electrons. The molecule has 0 unspecified atom stereocenters. The predicted molar refractivity (Wildman–Crippen MR) is 92.6 cm³/mol. The number of carbonyl (C=O) groups is 2. The highest BCUT2D eigenvalue weighted by molar-refractivity contribution is 5.92. The first-order chi connectivity index (χ1) is 12.6. The number of aryl methyl sites for hydroxylation is 1. The van der Waals surface area contributed by atoms with E-state index in [4.69, 9.17) is 5.11 Å². The summed E-state index contributed by atoms with van der Waals surface area (Å²) in [7, 11) is 0. The van der Waals surface area contributed by atoms with Crippen molar-refractivity contribution in [1.29, 1.82) is 0 Å². The largest absolute Gasteiger partial charge is 0.395 e. The molecule has 0 aliphatic carbocycles. The lowest BCUT2D eigenvalue weighted by molar-refractivity contribution is 0.0683. The number of carbonyl (C=O) groups excluding carboxylic acids is 2. The molecule has 2 amide bonds. The molecule has 3 rings (SSSR count). The monoisotopic (exact) mass is 358 g/mol. The van der Waals surface area contributed by atoms with E-state index in [2.05, 4.69) is 20.6 Å². The fourth-order valence-electron chi connectivity index (χ4n) is 2.98. The van der Waals surface area contributed by atoms with E-state index in [1.807, 2.05) is 19.1 Å². The third-order valence-electron chi connectivity index (χ3n) is 4.37. The number of aliphatic hydroxyl groups is 1. The van der Waals surface area contributed by atoms with Crippen LogP contribution in [0.25, 0.3) is 0 Å². The molecule has 2 aromatic rings. The van der Waals surface area contributed by atoms with Crippen LogP contribution in [0.1, 0.15) is 45.6 Å². The first-order valence-electron chi connectivity index (χ1n) is 8.62. The Morgan fingerprint density at radius 1 is 1.27 bits per heavy atom. The molecule has 2 N–H and O–H groups in total. The molecule has 0 saturated carbocycles. The van der Waals surface area contributed by atoms with Crippen molar-refractivity contribution in [3.8, 4) is 0 Å². The van der Waals surface area contributed by atoms with Gasteiger partial charge >= 0.3 is 0 Å². The fraction of sp³-hybridized carbons (Fsp3) is 0.471. The molecule has 0 aromatic carbocycles. The molecular formula is C17H22N6O3. The van der Waals surface area contributed by atoms with Crippen molar-refractivity contribution < 1.29 is 14.7 Å². The van der Waals surface area contributed by atoms with Crippen molar-refractivity contribution in [2.45, 2.75) is 25.8 Å². The number of pyridine rings is 1. The van der Waals surface area contributed by atoms with Gasteiger partial charge in [-0.2, -0.15) is 0 Å². The third-order valence-corrected chi connectivity index (χ3v) is 4.37. The van der Waals surface area contributed by atoms with Crippen molar-refractivity contribution >= 4 is 11.8 Å². The average Bonchev–Trinajstić information content (AvgIpc) is 3.16. The molecule has 1 saturated heterocycles. The minimum atomic E-state index is -0.358. The normalized spacial score (nSPS) is 15.1. The molecule has 26 heavy (non-hydrogen) atoms. The second-order valence-electron chi connectivity index (χ2n) is 6.25. The molecule has 9 heteroatoms. The molecule has 2 aromatic heterocycles. The molecule has 1 fully saturated rings. The van der Waals surface area contributed by atoms with E-state index in [9.17, 15) is 9.59 Å². The summed E-state index contributed by atoms with van der Waals surface area (Å²) in [4.78, 5) is 30.5. The van der Waals surface area contributed by atoms with Gasteiger partial charge in [-0.25, -0.2) is 9.67 Å². The van der Waals surface area contributed by atoms with Crippen LogP contribution in [0, 0.1) is 6.92 Å². The maximum atomic E-state index is 12.5. The van der Waals surface area contributed by atoms with Crippen molar-refractivity contribution in [3.05, 3.63) is 41.5 Å². The Morgan fingerprint density at radius 2 is 2.04 bits per heavy atom. The summed E-state index contributed by atoms with van der Waals surface area (Å²) in [5.74, 6) is -0.418. The first kappa shape index (κ1) is 18.0. The second-order valence-corrected chi connectivity index (χ2v) is 6.25. The number of aromatic nitrogens is 4. The van der Waals surface area contributed by atoms with Crippen molar-refractivity contribution in [3.63, 3.8) is 0 Å². The van der Waals surface area contributed by atoms with E-state index in [1.54, 1.807) is 21.8 Å². The van der Waals surface area contributed by atoms with Gasteiger partial charge in [0.15, 0.2) is 5.69 Å². The number of piperidine rings is 1. The number of likely N-dealkylation sites (tertiary alicyclic amines) is 1. The summed E-state index contributed by atoms with van der Waals surface area (Å²) < 4.78 is 1.68. The van der Waals surface area contributed by atoms with Gasteiger partial charge in [0.25, 0.3) is 11.8 Å². The van der Waals surface area contributed by atoms with E-state index >= 15 is 0 Å². The van der Waals surface area contributed by atoms with Gasteiger partial charge in [-0.05, 0) is 31.9 Å². The van der Waals surface area contributed by atoms with Crippen LogP contribution in [0.3, 0.4) is 0 Å². The Balaban J connectivity index is 1.58. The van der Waals surface area contributed by atoms with Gasteiger partial charge in [-0.1, -0.05) is 11.3 Å². The molecule has 3 heterocycles. The van der Waals surface area contributed by atoms with E-state index in [1.165, 1.54) is 0 Å². The Labute approximate surface area is 151 Å². The van der Waals surface area contributed by atoms with Crippen LogP contribution in [0.2, 0.25) is 0 Å². The minimum Gasteiger partial charge on any atom is -0.395 e. The summed E-state index contributed by atoms with van der Waals surface area (Å²) >= 11 is 0. The summed E-state index contributed by atoms with van der Waals surface area (Å²) in [6.45, 7) is 3.12. The van der Waals surface area contributed by atoms with Crippen LogP contribution in [0.5, 0.6) is 0 Å². The second kappa shape index (κ2) is 8.05. The highest BCUT2D eigenvalue weighted by Crippen LogP contribution is 2.22. The van der Waals surface area contributed by atoms with E-state index in [-0.39, 0.29) is 36.7 Å². The van der Waals surface area contributed by atoms with Gasteiger partial charge in [0, 0.05) is 25.3 Å². The summed E-state index contributed by atoms with van der Waals surface area (Å²) in [6, 6.07) is 5.52. The molecule has 0 bridgehead atoms. The number of hydrogen-bond donors (Lipinski definition) is 2. The van der Waals surface area contributed by atoms with Gasteiger partial charge in [0.2, 0.25) is 0 Å². The standard InChI is InChI=1S/C17H22N6O3/c1-12-3-2-4-14(19-12)17(26)22-8-5-13(6-9-22)23-11-15(20-21-23)16(25)18-7-10-24/h2-4,11,13,24H,5-10H2,1H3,(H,18,25). The minimum absolute atomic E-state index is 0.0604. The maximum Gasteiger partial charge on any atom is 0.273 e. The Kier molecular flexibility index (Phi) is 5.57. The van der Waals surface area contributed by atoms with Gasteiger partial charge in [-0.3, -0.25) is 9.59 Å². The zero-order chi connectivity index (χ0) is 18.5. The first-order valence-corrected chi connectivity index (χ1v) is 8.62. The zero-order valence-electron chi connectivity index (χ0n) is 14.6. The Morgan fingerprint density at radius 3 is 2.73 bits per heavy atom. The number of nitrogens with zero attached hydrogens (tertiary/aromatic N) is 5. The topological polar surface area (TPSA) is 113 Å². The van der Waals surface area contributed by atoms with E-state index in [0.717, 1.165) is 18.5 Å². The molecule has 138 valence electrons. The molecule has 0 spiro atoms. The Hall–Kier alpha value is -2.81. The average molecular weight is 358 g/mol. The van der Waals surface area contributed by atoms with E-state index < -0.39 is 0 Å². The van der Waals surface area contributed by atoms with Crippen LogP contribution in [-0.4, -0.2) is 68.0 Å². The Bertz CT molecular complexity index is 782. The lowest BCUT2D eigenvalue weighted by Gasteiger charge is -2.31. The third kappa shape index (κ3) is 4.05.